The van der Waals surface area contributed by atoms with Crippen LogP contribution in [-0.4, -0.2) is 10.2 Å². The molecule has 0 unspecified atom stereocenters. The zero-order valence-electron chi connectivity index (χ0n) is 13.6. The van der Waals surface area contributed by atoms with Gasteiger partial charge in [-0.25, -0.2) is 8.78 Å². The maximum atomic E-state index is 14.6. The highest BCUT2D eigenvalue weighted by atomic mass is 35.5. The predicted octanol–water partition coefficient (Wildman–Crippen LogP) is 4.23. The van der Waals surface area contributed by atoms with Crippen LogP contribution in [0.2, 0.25) is 5.02 Å². The second-order valence-corrected chi connectivity index (χ2v) is 6.30. The first-order valence-corrected chi connectivity index (χ1v) is 8.24. The second kappa shape index (κ2) is 6.41. The van der Waals surface area contributed by atoms with E-state index in [4.69, 9.17) is 22.1 Å². The minimum Gasteiger partial charge on any atom is -0.420 e. The van der Waals surface area contributed by atoms with Gasteiger partial charge in [-0.05, 0) is 24.3 Å². The molecular weight excluding hydrogens is 374 g/mol. The predicted molar refractivity (Wildman–Crippen MR) is 94.7 cm³/mol. The molecule has 0 saturated carbocycles. The van der Waals surface area contributed by atoms with Crippen LogP contribution >= 0.6 is 11.6 Å². The van der Waals surface area contributed by atoms with Gasteiger partial charge in [0.1, 0.15) is 23.3 Å². The van der Waals surface area contributed by atoms with E-state index in [1.807, 2.05) is 6.07 Å². The summed E-state index contributed by atoms with van der Waals surface area (Å²) in [6.07, 6.45) is 0. The standard InChI is InChI=1S/C19H11ClF2N4O/c20-13-4-2-1-3-10(13)17-16-15(11-7-9(21)5-6-14(11)22)12(8-23)18(24)27-19(16)26-25-17/h1-7,15H,24H2,(H,25,26)/t15-/m0/s1. The summed E-state index contributed by atoms with van der Waals surface area (Å²) in [6.45, 7) is 0. The number of nitrogens with zero attached hydrogens (tertiary/aromatic N) is 2. The van der Waals surface area contributed by atoms with Crippen LogP contribution in [0.15, 0.2) is 53.9 Å². The molecule has 2 heterocycles. The number of nitrogens with one attached hydrogen (secondary N) is 1. The number of halogens is 3. The van der Waals surface area contributed by atoms with Gasteiger partial charge in [-0.15, -0.1) is 5.10 Å². The van der Waals surface area contributed by atoms with Crippen molar-refractivity contribution < 1.29 is 13.5 Å². The van der Waals surface area contributed by atoms with Crippen molar-refractivity contribution in [1.82, 2.24) is 10.2 Å². The van der Waals surface area contributed by atoms with Crippen LogP contribution in [0, 0.1) is 23.0 Å². The van der Waals surface area contributed by atoms with Crippen molar-refractivity contribution in [3.8, 4) is 23.2 Å². The molecule has 134 valence electrons. The molecule has 1 atom stereocenters. The van der Waals surface area contributed by atoms with E-state index in [-0.39, 0.29) is 22.9 Å². The van der Waals surface area contributed by atoms with E-state index in [1.165, 1.54) is 0 Å². The summed E-state index contributed by atoms with van der Waals surface area (Å²) in [5.74, 6) is -2.45. The molecule has 8 heteroatoms. The largest absolute Gasteiger partial charge is 0.420 e. The first-order chi connectivity index (χ1) is 13.0. The smallest absolute Gasteiger partial charge is 0.244 e. The van der Waals surface area contributed by atoms with Crippen LogP contribution in [-0.2, 0) is 0 Å². The number of aromatic nitrogens is 2. The van der Waals surface area contributed by atoms with Gasteiger partial charge in [0.25, 0.3) is 0 Å². The van der Waals surface area contributed by atoms with Gasteiger partial charge in [0.2, 0.25) is 11.8 Å². The van der Waals surface area contributed by atoms with E-state index in [1.54, 1.807) is 24.3 Å². The number of benzene rings is 2. The van der Waals surface area contributed by atoms with Gasteiger partial charge >= 0.3 is 0 Å². The van der Waals surface area contributed by atoms with Crippen molar-refractivity contribution in [3.05, 3.63) is 81.7 Å². The summed E-state index contributed by atoms with van der Waals surface area (Å²) >= 11 is 6.28. The average Bonchev–Trinajstić information content (AvgIpc) is 3.06. The first kappa shape index (κ1) is 17.1. The van der Waals surface area contributed by atoms with Crippen LogP contribution in [0.25, 0.3) is 11.3 Å². The van der Waals surface area contributed by atoms with Gasteiger partial charge in [0.05, 0.1) is 17.2 Å². The van der Waals surface area contributed by atoms with Crippen molar-refractivity contribution in [2.45, 2.75) is 5.92 Å². The number of rotatable bonds is 2. The van der Waals surface area contributed by atoms with E-state index in [2.05, 4.69) is 10.2 Å². The summed E-state index contributed by atoms with van der Waals surface area (Å²) in [5, 5.41) is 16.9. The maximum Gasteiger partial charge on any atom is 0.244 e. The molecule has 0 saturated heterocycles. The Morgan fingerprint density at radius 3 is 2.74 bits per heavy atom. The van der Waals surface area contributed by atoms with E-state index < -0.39 is 17.6 Å². The molecule has 4 rings (SSSR count). The highest BCUT2D eigenvalue weighted by Gasteiger charge is 2.37. The quantitative estimate of drug-likeness (QED) is 0.692. The van der Waals surface area contributed by atoms with Gasteiger partial charge in [0, 0.05) is 16.1 Å². The third-order valence-corrected chi connectivity index (χ3v) is 4.68. The molecule has 5 nitrogen and oxygen atoms in total. The number of aromatic amines is 1. The van der Waals surface area contributed by atoms with Crippen molar-refractivity contribution in [1.29, 1.82) is 5.26 Å². The number of nitrogens with two attached hydrogens (primary N) is 1. The lowest BCUT2D eigenvalue weighted by atomic mass is 9.82. The summed E-state index contributed by atoms with van der Waals surface area (Å²) in [5.41, 5.74) is 7.12. The Morgan fingerprint density at radius 1 is 1.22 bits per heavy atom. The van der Waals surface area contributed by atoms with Crippen LogP contribution in [0.4, 0.5) is 8.78 Å². The minimum atomic E-state index is -1.00. The molecule has 27 heavy (non-hydrogen) atoms. The van der Waals surface area contributed by atoms with E-state index in [9.17, 15) is 14.0 Å². The number of nitriles is 1. The molecule has 2 aromatic carbocycles. The number of hydrogen-bond acceptors (Lipinski definition) is 4. The molecule has 3 aromatic rings. The Morgan fingerprint density at radius 2 is 2.00 bits per heavy atom. The van der Waals surface area contributed by atoms with Crippen LogP contribution in [0.3, 0.4) is 0 Å². The molecule has 0 radical (unpaired) electrons. The molecule has 1 aliphatic rings. The number of ether oxygens (including phenoxy) is 1. The molecule has 1 aromatic heterocycles. The third-order valence-electron chi connectivity index (χ3n) is 4.35. The highest BCUT2D eigenvalue weighted by molar-refractivity contribution is 6.33. The summed E-state index contributed by atoms with van der Waals surface area (Å²) in [6, 6.07) is 11.9. The molecule has 0 aliphatic carbocycles. The highest BCUT2D eigenvalue weighted by Crippen LogP contribution is 2.47. The van der Waals surface area contributed by atoms with E-state index >= 15 is 0 Å². The Bertz CT molecular complexity index is 1130. The Hall–Kier alpha value is -3.37. The van der Waals surface area contributed by atoms with E-state index in [0.717, 1.165) is 18.2 Å². The number of allylic oxidation sites excluding steroid dienone is 1. The average molecular weight is 385 g/mol. The zero-order chi connectivity index (χ0) is 19.1. The Kier molecular flexibility index (Phi) is 4.05. The lowest BCUT2D eigenvalue weighted by Gasteiger charge is -2.24. The lowest BCUT2D eigenvalue weighted by Crippen LogP contribution is -2.21. The normalized spacial score (nSPS) is 15.9. The Labute approximate surface area is 157 Å². The van der Waals surface area contributed by atoms with Crippen LogP contribution < -0.4 is 10.5 Å². The SMILES string of the molecule is N#CC1=C(N)Oc2n[nH]c(-c3ccccc3Cl)c2[C@H]1c1cc(F)ccc1F. The lowest BCUT2D eigenvalue weighted by molar-refractivity contribution is 0.378. The minimum absolute atomic E-state index is 0.0401. The number of H-pyrrole nitrogens is 1. The molecule has 1 aliphatic heterocycles. The number of fused-ring (bicyclic) bond motifs is 1. The summed E-state index contributed by atoms with van der Waals surface area (Å²) in [4.78, 5) is 0. The van der Waals surface area contributed by atoms with Gasteiger partial charge in [-0.2, -0.15) is 5.26 Å². The zero-order valence-corrected chi connectivity index (χ0v) is 14.4. The van der Waals surface area contributed by atoms with Gasteiger partial charge in [-0.1, -0.05) is 29.8 Å². The second-order valence-electron chi connectivity index (χ2n) is 5.89. The molecule has 0 bridgehead atoms. The van der Waals surface area contributed by atoms with Crippen LogP contribution in [0.5, 0.6) is 5.88 Å². The van der Waals surface area contributed by atoms with Crippen molar-refractivity contribution in [2.24, 2.45) is 5.73 Å². The molecule has 0 spiro atoms. The fraction of sp³-hybridized carbons (Fsp3) is 0.0526. The fourth-order valence-corrected chi connectivity index (χ4v) is 3.39. The summed E-state index contributed by atoms with van der Waals surface area (Å²) < 4.78 is 33.8. The number of hydrogen-bond donors (Lipinski definition) is 2. The monoisotopic (exact) mass is 384 g/mol. The molecule has 3 N–H and O–H groups in total. The van der Waals surface area contributed by atoms with Crippen molar-refractivity contribution in [2.75, 3.05) is 0 Å². The topological polar surface area (TPSA) is 87.7 Å². The third kappa shape index (κ3) is 2.71. The molecule has 0 fully saturated rings. The first-order valence-electron chi connectivity index (χ1n) is 7.87. The van der Waals surface area contributed by atoms with Gasteiger partial charge in [-0.3, -0.25) is 5.10 Å². The van der Waals surface area contributed by atoms with Gasteiger partial charge in [0.15, 0.2) is 0 Å². The van der Waals surface area contributed by atoms with Crippen LogP contribution in [0.1, 0.15) is 17.0 Å². The van der Waals surface area contributed by atoms with Crippen molar-refractivity contribution >= 4 is 11.6 Å². The van der Waals surface area contributed by atoms with Crippen molar-refractivity contribution in [3.63, 3.8) is 0 Å². The summed E-state index contributed by atoms with van der Waals surface area (Å²) in [7, 11) is 0. The van der Waals surface area contributed by atoms with Gasteiger partial charge < -0.3 is 10.5 Å². The Balaban J connectivity index is 2.02. The van der Waals surface area contributed by atoms with E-state index in [0.29, 0.717) is 21.8 Å². The molecule has 0 amide bonds. The fourth-order valence-electron chi connectivity index (χ4n) is 3.16. The molecular formula is C19H11ClF2N4O. The maximum absolute atomic E-state index is 14.6.